The van der Waals surface area contributed by atoms with E-state index < -0.39 is 5.60 Å². The number of esters is 1. The van der Waals surface area contributed by atoms with E-state index in [2.05, 4.69) is 15.9 Å². The van der Waals surface area contributed by atoms with E-state index in [1.165, 1.54) is 0 Å². The highest BCUT2D eigenvalue weighted by molar-refractivity contribution is 9.10. The lowest BCUT2D eigenvalue weighted by molar-refractivity contribution is -0.142. The molecule has 3 rings (SSSR count). The number of carbonyl (C=O) groups excluding carboxylic acids is 1. The van der Waals surface area contributed by atoms with Crippen LogP contribution in [0.1, 0.15) is 37.7 Å². The summed E-state index contributed by atoms with van der Waals surface area (Å²) in [7, 11) is 0. The maximum atomic E-state index is 11.8. The Morgan fingerprint density at radius 1 is 1.21 bits per heavy atom. The number of ether oxygens (including phenoxy) is 2. The fraction of sp³-hybridized carbons (Fsp3) is 0.318. The van der Waals surface area contributed by atoms with E-state index in [-0.39, 0.29) is 12.4 Å². The molecule has 0 radical (unpaired) electrons. The Morgan fingerprint density at radius 2 is 1.96 bits per heavy atom. The van der Waals surface area contributed by atoms with Gasteiger partial charge in [0.25, 0.3) is 0 Å². The van der Waals surface area contributed by atoms with Gasteiger partial charge in [-0.1, -0.05) is 18.2 Å². The van der Waals surface area contributed by atoms with Gasteiger partial charge in [-0.3, -0.25) is 4.79 Å². The molecule has 0 atom stereocenters. The zero-order chi connectivity index (χ0) is 20.3. The molecule has 6 heteroatoms. The van der Waals surface area contributed by atoms with Gasteiger partial charge in [-0.25, -0.2) is 0 Å². The second-order valence-electron chi connectivity index (χ2n) is 7.04. The highest BCUT2D eigenvalue weighted by Crippen LogP contribution is 2.33. The van der Waals surface area contributed by atoms with E-state index in [1.807, 2.05) is 42.5 Å². The van der Waals surface area contributed by atoms with Gasteiger partial charge in [-0.05, 0) is 66.5 Å². The molecular formula is C22H23BrO5. The highest BCUT2D eigenvalue weighted by atomic mass is 79.9. The summed E-state index contributed by atoms with van der Waals surface area (Å²) in [5.41, 5.74) is 1.35. The molecule has 5 nitrogen and oxygen atoms in total. The smallest absolute Gasteiger partial charge is 0.310 e. The molecule has 148 valence electrons. The molecule has 3 aromatic rings. The van der Waals surface area contributed by atoms with Gasteiger partial charge in [0.05, 0.1) is 17.5 Å². The molecule has 2 aromatic carbocycles. The van der Waals surface area contributed by atoms with Crippen molar-refractivity contribution >= 4 is 32.9 Å². The molecule has 1 aromatic heterocycles. The lowest BCUT2D eigenvalue weighted by Gasteiger charge is -2.12. The van der Waals surface area contributed by atoms with Gasteiger partial charge in [0.1, 0.15) is 29.3 Å². The molecule has 0 aliphatic heterocycles. The van der Waals surface area contributed by atoms with Crippen LogP contribution < -0.4 is 4.74 Å². The van der Waals surface area contributed by atoms with Crippen LogP contribution in [-0.2, 0) is 28.2 Å². The van der Waals surface area contributed by atoms with Crippen LogP contribution in [0.5, 0.6) is 5.75 Å². The highest BCUT2D eigenvalue weighted by Gasteiger charge is 2.22. The molecule has 0 saturated carbocycles. The molecule has 0 unspecified atom stereocenters. The lowest BCUT2D eigenvalue weighted by atomic mass is 10.1. The number of furan rings is 1. The molecule has 28 heavy (non-hydrogen) atoms. The Labute approximate surface area is 172 Å². The molecule has 0 spiro atoms. The van der Waals surface area contributed by atoms with Crippen LogP contribution in [0.2, 0.25) is 0 Å². The average Bonchev–Trinajstić information content (AvgIpc) is 3.06. The number of hydrogen-bond acceptors (Lipinski definition) is 5. The van der Waals surface area contributed by atoms with Gasteiger partial charge in [0.2, 0.25) is 0 Å². The first kappa shape index (κ1) is 20.4. The number of halogens is 1. The number of carbonyl (C=O) groups is 1. The zero-order valence-corrected chi connectivity index (χ0v) is 17.7. The zero-order valence-electron chi connectivity index (χ0n) is 16.1. The van der Waals surface area contributed by atoms with Crippen molar-refractivity contribution in [2.45, 2.75) is 39.4 Å². The Kier molecular flexibility index (Phi) is 6.10. The second kappa shape index (κ2) is 8.37. The SMILES string of the molecule is CCOC(=O)Cc1ccccc1OCc1cc(Br)c2oc(C(C)(C)O)cc2c1. The minimum Gasteiger partial charge on any atom is -0.489 e. The minimum atomic E-state index is -1.05. The maximum Gasteiger partial charge on any atom is 0.310 e. The third-order valence-corrected chi connectivity index (χ3v) is 4.83. The molecule has 0 saturated heterocycles. The van der Waals surface area contributed by atoms with Gasteiger partial charge < -0.3 is 19.0 Å². The van der Waals surface area contributed by atoms with Crippen LogP contribution in [0.4, 0.5) is 0 Å². The first-order valence-corrected chi connectivity index (χ1v) is 9.88. The number of fused-ring (bicyclic) bond motifs is 1. The number of benzene rings is 2. The number of aliphatic hydroxyl groups is 1. The summed E-state index contributed by atoms with van der Waals surface area (Å²) in [4.78, 5) is 11.8. The van der Waals surface area contributed by atoms with Crippen molar-refractivity contribution in [3.05, 3.63) is 63.8 Å². The summed E-state index contributed by atoms with van der Waals surface area (Å²) < 4.78 is 17.6. The Bertz CT molecular complexity index is 984. The first-order chi connectivity index (χ1) is 13.3. The monoisotopic (exact) mass is 446 g/mol. The second-order valence-corrected chi connectivity index (χ2v) is 7.90. The molecule has 0 aliphatic rings. The van der Waals surface area contributed by atoms with E-state index in [9.17, 15) is 9.90 Å². The Morgan fingerprint density at radius 3 is 2.68 bits per heavy atom. The molecule has 0 bridgehead atoms. The predicted octanol–water partition coefficient (Wildman–Crippen LogP) is 5.11. The van der Waals surface area contributed by atoms with Gasteiger partial charge >= 0.3 is 5.97 Å². The fourth-order valence-electron chi connectivity index (χ4n) is 2.87. The summed E-state index contributed by atoms with van der Waals surface area (Å²) in [6, 6.07) is 13.2. The Balaban J connectivity index is 1.80. The van der Waals surface area contributed by atoms with Crippen LogP contribution in [0.15, 0.2) is 51.4 Å². The van der Waals surface area contributed by atoms with Crippen molar-refractivity contribution in [1.29, 1.82) is 0 Å². The van der Waals surface area contributed by atoms with Gasteiger partial charge in [0, 0.05) is 10.9 Å². The van der Waals surface area contributed by atoms with Gasteiger partial charge in [-0.2, -0.15) is 0 Å². The molecular weight excluding hydrogens is 424 g/mol. The third-order valence-electron chi connectivity index (χ3n) is 4.24. The van der Waals surface area contributed by atoms with Crippen LogP contribution in [-0.4, -0.2) is 17.7 Å². The lowest BCUT2D eigenvalue weighted by Crippen LogP contribution is -2.13. The molecule has 0 aliphatic carbocycles. The topological polar surface area (TPSA) is 68.9 Å². The van der Waals surface area contributed by atoms with Crippen molar-refractivity contribution < 1.29 is 23.8 Å². The largest absolute Gasteiger partial charge is 0.489 e. The number of para-hydroxylation sites is 1. The first-order valence-electron chi connectivity index (χ1n) is 9.09. The normalized spacial score (nSPS) is 11.6. The van der Waals surface area contributed by atoms with E-state index in [0.717, 1.165) is 21.0 Å². The van der Waals surface area contributed by atoms with E-state index in [4.69, 9.17) is 13.9 Å². The van der Waals surface area contributed by atoms with Crippen molar-refractivity contribution in [3.63, 3.8) is 0 Å². The van der Waals surface area contributed by atoms with Crippen LogP contribution in [0.25, 0.3) is 11.0 Å². The summed E-state index contributed by atoms with van der Waals surface area (Å²) in [5.74, 6) is 0.873. The summed E-state index contributed by atoms with van der Waals surface area (Å²) in [6.45, 7) is 5.84. The maximum absolute atomic E-state index is 11.8. The number of hydrogen-bond donors (Lipinski definition) is 1. The molecule has 0 amide bonds. The average molecular weight is 447 g/mol. The van der Waals surface area contributed by atoms with Crippen LogP contribution >= 0.6 is 15.9 Å². The van der Waals surface area contributed by atoms with Gasteiger partial charge in [-0.15, -0.1) is 0 Å². The van der Waals surface area contributed by atoms with E-state index >= 15 is 0 Å². The van der Waals surface area contributed by atoms with Crippen LogP contribution in [0, 0.1) is 0 Å². The van der Waals surface area contributed by atoms with Crippen molar-refractivity contribution in [2.75, 3.05) is 6.61 Å². The fourth-order valence-corrected chi connectivity index (χ4v) is 3.48. The molecule has 1 heterocycles. The van der Waals surface area contributed by atoms with E-state index in [0.29, 0.717) is 30.3 Å². The Hall–Kier alpha value is -2.31. The molecule has 0 fully saturated rings. The quantitative estimate of drug-likeness (QED) is 0.510. The standard InChI is InChI=1S/C22H23BrO5/c1-4-26-20(24)12-15-7-5-6-8-18(15)27-13-14-9-16-11-19(22(2,3)25)28-21(16)17(23)10-14/h5-11,25H,4,12-13H2,1-3H3. The van der Waals surface area contributed by atoms with Crippen molar-refractivity contribution in [1.82, 2.24) is 0 Å². The summed E-state index contributed by atoms with van der Waals surface area (Å²) >= 11 is 3.53. The predicted molar refractivity (Wildman–Crippen MR) is 110 cm³/mol. The van der Waals surface area contributed by atoms with Crippen LogP contribution in [0.3, 0.4) is 0 Å². The summed E-state index contributed by atoms with van der Waals surface area (Å²) in [5, 5.41) is 11.1. The number of rotatable bonds is 7. The van der Waals surface area contributed by atoms with E-state index in [1.54, 1.807) is 20.8 Å². The third kappa shape index (κ3) is 4.75. The van der Waals surface area contributed by atoms with Crippen molar-refractivity contribution in [3.8, 4) is 5.75 Å². The minimum absolute atomic E-state index is 0.170. The van der Waals surface area contributed by atoms with Crippen molar-refractivity contribution in [2.24, 2.45) is 0 Å². The summed E-state index contributed by atoms with van der Waals surface area (Å²) in [6.07, 6.45) is 0.170. The molecule has 1 N–H and O–H groups in total. The van der Waals surface area contributed by atoms with Gasteiger partial charge in [0.15, 0.2) is 0 Å².